The fourth-order valence-corrected chi connectivity index (χ4v) is 3.26. The van der Waals surface area contributed by atoms with E-state index in [-0.39, 0.29) is 18.1 Å². The number of ether oxygens (including phenoxy) is 1. The first-order valence-corrected chi connectivity index (χ1v) is 8.59. The average molecular weight is 330 g/mol. The van der Waals surface area contributed by atoms with Gasteiger partial charge in [-0.2, -0.15) is 0 Å². The Bertz CT molecular complexity index is 702. The molecule has 0 saturated carbocycles. The number of amides is 1. The third-order valence-electron chi connectivity index (χ3n) is 4.29. The number of fused-ring (bicyclic) bond motifs is 1. The number of morpholine rings is 1. The van der Waals surface area contributed by atoms with Crippen LogP contribution in [0.4, 0.5) is 0 Å². The van der Waals surface area contributed by atoms with E-state index >= 15 is 0 Å². The highest BCUT2D eigenvalue weighted by Crippen LogP contribution is 2.13. The molecule has 130 valence electrons. The lowest BCUT2D eigenvalue weighted by Crippen LogP contribution is -2.46. The second-order valence-corrected chi connectivity index (χ2v) is 6.75. The van der Waals surface area contributed by atoms with Crippen molar-refractivity contribution in [1.29, 1.82) is 0 Å². The van der Waals surface area contributed by atoms with Gasteiger partial charge in [-0.15, -0.1) is 0 Å². The van der Waals surface area contributed by atoms with Crippen LogP contribution in [0.25, 0.3) is 11.0 Å². The number of carbonyl (C=O) groups excluding carboxylic acids is 1. The van der Waals surface area contributed by atoms with Gasteiger partial charge >= 0.3 is 0 Å². The molecule has 1 amide bonds. The van der Waals surface area contributed by atoms with Crippen molar-refractivity contribution in [2.45, 2.75) is 45.9 Å². The third-order valence-corrected chi connectivity index (χ3v) is 4.29. The van der Waals surface area contributed by atoms with Gasteiger partial charge in [-0.3, -0.25) is 9.69 Å². The Morgan fingerprint density at radius 3 is 2.88 bits per heavy atom. The summed E-state index contributed by atoms with van der Waals surface area (Å²) in [4.78, 5) is 22.1. The summed E-state index contributed by atoms with van der Waals surface area (Å²) in [6.45, 7) is 9.18. The molecule has 1 saturated heterocycles. The van der Waals surface area contributed by atoms with Crippen LogP contribution in [0.1, 0.15) is 31.7 Å². The first kappa shape index (κ1) is 16.9. The first-order chi connectivity index (χ1) is 11.5. The summed E-state index contributed by atoms with van der Waals surface area (Å²) in [5, 5.41) is 2.95. The first-order valence-electron chi connectivity index (χ1n) is 8.59. The van der Waals surface area contributed by atoms with E-state index in [1.807, 2.05) is 12.1 Å². The van der Waals surface area contributed by atoms with Crippen molar-refractivity contribution in [1.82, 2.24) is 20.2 Å². The second kappa shape index (κ2) is 7.32. The monoisotopic (exact) mass is 330 g/mol. The van der Waals surface area contributed by atoms with E-state index in [4.69, 9.17) is 4.74 Å². The van der Waals surface area contributed by atoms with E-state index in [0.29, 0.717) is 13.0 Å². The zero-order valence-corrected chi connectivity index (χ0v) is 14.6. The number of aryl methyl sites for hydroxylation is 1. The molecule has 24 heavy (non-hydrogen) atoms. The number of carbonyl (C=O) groups is 1. The smallest absolute Gasteiger partial charge is 0.221 e. The number of hydrogen-bond acceptors (Lipinski definition) is 4. The maximum Gasteiger partial charge on any atom is 0.221 e. The van der Waals surface area contributed by atoms with Crippen molar-refractivity contribution in [3.8, 4) is 0 Å². The molecule has 2 aromatic rings. The lowest BCUT2D eigenvalue weighted by molar-refractivity contribution is -0.122. The summed E-state index contributed by atoms with van der Waals surface area (Å²) in [7, 11) is 0. The highest BCUT2D eigenvalue weighted by atomic mass is 16.5. The Labute approximate surface area is 142 Å². The van der Waals surface area contributed by atoms with E-state index < -0.39 is 0 Å². The van der Waals surface area contributed by atoms with Gasteiger partial charge in [0.15, 0.2) is 0 Å². The molecule has 2 heterocycles. The molecule has 0 bridgehead atoms. The van der Waals surface area contributed by atoms with Gasteiger partial charge in [-0.25, -0.2) is 4.98 Å². The molecule has 0 unspecified atom stereocenters. The predicted octanol–water partition coefficient (Wildman–Crippen LogP) is 1.99. The van der Waals surface area contributed by atoms with Gasteiger partial charge in [0.05, 0.1) is 29.8 Å². The summed E-state index contributed by atoms with van der Waals surface area (Å²) in [5.41, 5.74) is 3.13. The number of benzene rings is 1. The lowest BCUT2D eigenvalue weighted by atomic mass is 10.2. The number of nitrogens with one attached hydrogen (secondary N) is 2. The molecule has 1 aromatic carbocycles. The second-order valence-electron chi connectivity index (χ2n) is 6.75. The number of rotatable bonds is 5. The van der Waals surface area contributed by atoms with Gasteiger partial charge in [-0.1, -0.05) is 6.07 Å². The predicted molar refractivity (Wildman–Crippen MR) is 93.7 cm³/mol. The molecule has 0 aliphatic carbocycles. The van der Waals surface area contributed by atoms with Crippen molar-refractivity contribution in [2.75, 3.05) is 19.6 Å². The van der Waals surface area contributed by atoms with Crippen molar-refractivity contribution in [3.63, 3.8) is 0 Å². The Morgan fingerprint density at radius 1 is 1.38 bits per heavy atom. The third kappa shape index (κ3) is 4.33. The fourth-order valence-electron chi connectivity index (χ4n) is 3.26. The molecule has 6 heteroatoms. The number of nitrogens with zero attached hydrogens (tertiary/aromatic N) is 2. The lowest BCUT2D eigenvalue weighted by Gasteiger charge is -2.35. The van der Waals surface area contributed by atoms with E-state index in [0.717, 1.165) is 36.5 Å². The number of aromatic amines is 1. The van der Waals surface area contributed by atoms with Crippen LogP contribution in [0.5, 0.6) is 0 Å². The molecule has 1 aliphatic heterocycles. The van der Waals surface area contributed by atoms with Crippen LogP contribution < -0.4 is 5.32 Å². The normalized spacial score (nSPS) is 22.0. The van der Waals surface area contributed by atoms with Crippen molar-refractivity contribution < 1.29 is 9.53 Å². The van der Waals surface area contributed by atoms with E-state index in [1.54, 1.807) is 0 Å². The van der Waals surface area contributed by atoms with Crippen LogP contribution in [-0.2, 0) is 16.1 Å². The van der Waals surface area contributed by atoms with Gasteiger partial charge in [0.1, 0.15) is 5.82 Å². The molecule has 1 fully saturated rings. The Balaban J connectivity index is 1.46. The number of hydrogen-bond donors (Lipinski definition) is 2. The van der Waals surface area contributed by atoms with Crippen LogP contribution in [0.15, 0.2) is 18.2 Å². The summed E-state index contributed by atoms with van der Waals surface area (Å²) >= 11 is 0. The Kier molecular flexibility index (Phi) is 5.16. The van der Waals surface area contributed by atoms with Crippen LogP contribution in [0, 0.1) is 6.92 Å². The van der Waals surface area contributed by atoms with E-state index in [1.165, 1.54) is 5.56 Å². The highest BCUT2D eigenvalue weighted by Gasteiger charge is 2.22. The number of H-pyrrole nitrogens is 1. The summed E-state index contributed by atoms with van der Waals surface area (Å²) < 4.78 is 5.71. The summed E-state index contributed by atoms with van der Waals surface area (Å²) in [6.07, 6.45) is 0.963. The number of aromatic nitrogens is 2. The van der Waals surface area contributed by atoms with Crippen molar-refractivity contribution in [2.24, 2.45) is 0 Å². The quantitative estimate of drug-likeness (QED) is 0.879. The maximum atomic E-state index is 12.1. The van der Waals surface area contributed by atoms with Gasteiger partial charge in [0.2, 0.25) is 5.91 Å². The Morgan fingerprint density at radius 2 is 2.12 bits per heavy atom. The molecule has 6 nitrogen and oxygen atoms in total. The molecule has 0 radical (unpaired) electrons. The van der Waals surface area contributed by atoms with Crippen molar-refractivity contribution >= 4 is 16.9 Å². The topological polar surface area (TPSA) is 70.2 Å². The molecular formula is C18H26N4O2. The molecule has 1 aromatic heterocycles. The van der Waals surface area contributed by atoms with Crippen molar-refractivity contribution in [3.05, 3.63) is 29.6 Å². The van der Waals surface area contributed by atoms with Gasteiger partial charge in [0, 0.05) is 26.1 Å². The SMILES string of the molecule is Cc1ccc2nc(CNC(=O)CCN3C[C@@H](C)O[C@@H](C)C3)[nH]c2c1. The maximum absolute atomic E-state index is 12.1. The zero-order chi connectivity index (χ0) is 17.1. The van der Waals surface area contributed by atoms with Crippen LogP contribution in [0.3, 0.4) is 0 Å². The minimum atomic E-state index is 0.0541. The summed E-state index contributed by atoms with van der Waals surface area (Å²) in [5.74, 6) is 0.844. The minimum absolute atomic E-state index is 0.0541. The Hall–Kier alpha value is -1.92. The highest BCUT2D eigenvalue weighted by molar-refractivity contribution is 5.77. The zero-order valence-electron chi connectivity index (χ0n) is 14.6. The van der Waals surface area contributed by atoms with Gasteiger partial charge < -0.3 is 15.0 Å². The van der Waals surface area contributed by atoms with E-state index in [9.17, 15) is 4.79 Å². The fraction of sp³-hybridized carbons (Fsp3) is 0.556. The molecule has 2 N–H and O–H groups in total. The standard InChI is InChI=1S/C18H26N4O2/c1-12-4-5-15-16(8-12)21-17(20-15)9-19-18(23)6-7-22-10-13(2)24-14(3)11-22/h4-5,8,13-14H,6-7,9-11H2,1-3H3,(H,19,23)(H,20,21)/t13-,14+. The molecule has 0 spiro atoms. The molecule has 3 rings (SSSR count). The summed E-state index contributed by atoms with van der Waals surface area (Å²) in [6, 6.07) is 6.09. The number of imidazole rings is 1. The molecule has 2 atom stereocenters. The van der Waals surface area contributed by atoms with Crippen LogP contribution >= 0.6 is 0 Å². The average Bonchev–Trinajstić information content (AvgIpc) is 2.92. The minimum Gasteiger partial charge on any atom is -0.373 e. The van der Waals surface area contributed by atoms with Crippen LogP contribution in [-0.4, -0.2) is 52.6 Å². The van der Waals surface area contributed by atoms with E-state index in [2.05, 4.69) is 47.0 Å². The molecule has 1 aliphatic rings. The largest absolute Gasteiger partial charge is 0.373 e. The van der Waals surface area contributed by atoms with Gasteiger partial charge in [0.25, 0.3) is 0 Å². The van der Waals surface area contributed by atoms with Gasteiger partial charge in [-0.05, 0) is 38.5 Å². The molecular weight excluding hydrogens is 304 g/mol. The van der Waals surface area contributed by atoms with Crippen LogP contribution in [0.2, 0.25) is 0 Å².